The molecule has 264 valence electrons. The first-order chi connectivity index (χ1) is 21.2. The summed E-state index contributed by atoms with van der Waals surface area (Å²) in [6, 6.07) is 0. The van der Waals surface area contributed by atoms with E-state index in [1.165, 1.54) is 154 Å². The smallest absolute Gasteiger partial charge is 0.305 e. The Morgan fingerprint density at radius 2 is 0.523 bits per heavy atom. The highest BCUT2D eigenvalue weighted by Gasteiger charge is 2.05. The molecule has 0 fully saturated rings. The molecular formula is C39H76ClO4-. The van der Waals surface area contributed by atoms with Crippen molar-refractivity contribution < 1.29 is 31.5 Å². The third-order valence-electron chi connectivity index (χ3n) is 8.78. The van der Waals surface area contributed by atoms with Crippen molar-refractivity contribution in [3.8, 4) is 0 Å². The number of hydrogen-bond donors (Lipinski definition) is 0. The maximum absolute atomic E-state index is 11.9. The fourth-order valence-electron chi connectivity index (χ4n) is 5.83. The second-order valence-electron chi connectivity index (χ2n) is 13.2. The molecule has 0 radical (unpaired) electrons. The number of carbonyl (C=O) groups excluding carboxylic acids is 2. The van der Waals surface area contributed by atoms with Crippen LogP contribution in [0.15, 0.2) is 0 Å². The molecule has 0 rings (SSSR count). The van der Waals surface area contributed by atoms with Crippen LogP contribution < -0.4 is 12.4 Å². The summed E-state index contributed by atoms with van der Waals surface area (Å²) in [5.74, 6) is -0.114. The zero-order chi connectivity index (χ0) is 31.3. The fourth-order valence-corrected chi connectivity index (χ4v) is 5.83. The predicted octanol–water partition coefficient (Wildman–Crippen LogP) is 9.99. The van der Waals surface area contributed by atoms with E-state index in [0.717, 1.165) is 44.9 Å². The lowest BCUT2D eigenvalue weighted by molar-refractivity contribution is -0.144. The van der Waals surface area contributed by atoms with Gasteiger partial charge in [-0.15, -0.1) is 0 Å². The van der Waals surface area contributed by atoms with Crippen LogP contribution in [0.3, 0.4) is 0 Å². The number of halogens is 1. The van der Waals surface area contributed by atoms with E-state index in [1.54, 1.807) is 0 Å². The fraction of sp³-hybridized carbons (Fsp3) is 0.949. The van der Waals surface area contributed by atoms with Gasteiger partial charge in [0.1, 0.15) is 0 Å². The van der Waals surface area contributed by atoms with Gasteiger partial charge in [0.05, 0.1) is 13.2 Å². The molecule has 0 aliphatic heterocycles. The molecule has 0 atom stereocenters. The Hall–Kier alpha value is -0.770. The highest BCUT2D eigenvalue weighted by molar-refractivity contribution is 5.69. The van der Waals surface area contributed by atoms with Crippen LogP contribution in [0.25, 0.3) is 0 Å². The molecule has 5 heteroatoms. The second-order valence-corrected chi connectivity index (χ2v) is 13.2. The third kappa shape index (κ3) is 39.3. The van der Waals surface area contributed by atoms with Gasteiger partial charge < -0.3 is 21.9 Å². The molecule has 0 amide bonds. The zero-order valence-electron chi connectivity index (χ0n) is 29.8. The number of unbranched alkanes of at least 4 members (excludes halogenated alkanes) is 28. The standard InChI is InChI=1S/C39H76O4.ClH/c1-3-5-7-9-11-13-15-17-18-20-22-24-26-28-31-35-39(41)43-37-33-29-32-36-42-38(40)34-30-27-25-23-21-19-16-14-12-10-8-6-4-2;/h3-37H2,1-2H3;1H/p-1. The Morgan fingerprint density at radius 3 is 0.773 bits per heavy atom. The number of rotatable bonds is 36. The highest BCUT2D eigenvalue weighted by atomic mass is 35.5. The molecule has 0 saturated carbocycles. The van der Waals surface area contributed by atoms with Crippen molar-refractivity contribution >= 4 is 11.9 Å². The van der Waals surface area contributed by atoms with Crippen LogP contribution in [-0.2, 0) is 19.1 Å². The normalized spacial score (nSPS) is 11.0. The van der Waals surface area contributed by atoms with Gasteiger partial charge >= 0.3 is 11.9 Å². The van der Waals surface area contributed by atoms with Crippen LogP contribution in [0.1, 0.15) is 226 Å². The first-order valence-electron chi connectivity index (χ1n) is 19.5. The quantitative estimate of drug-likeness (QED) is 0.0503. The van der Waals surface area contributed by atoms with Crippen LogP contribution in [0, 0.1) is 0 Å². The average molecular weight is 644 g/mol. The maximum Gasteiger partial charge on any atom is 0.305 e. The summed E-state index contributed by atoms with van der Waals surface area (Å²) in [6.07, 6.45) is 40.8. The molecule has 44 heavy (non-hydrogen) atoms. The largest absolute Gasteiger partial charge is 1.00 e. The molecule has 0 aromatic carbocycles. The highest BCUT2D eigenvalue weighted by Crippen LogP contribution is 2.15. The Bertz CT molecular complexity index is 568. The predicted molar refractivity (Wildman–Crippen MR) is 186 cm³/mol. The van der Waals surface area contributed by atoms with Crippen molar-refractivity contribution in [2.24, 2.45) is 0 Å². The minimum atomic E-state index is -0.0574. The number of hydrogen-bond acceptors (Lipinski definition) is 4. The molecule has 0 unspecified atom stereocenters. The van der Waals surface area contributed by atoms with Gasteiger partial charge in [0.25, 0.3) is 0 Å². The van der Waals surface area contributed by atoms with E-state index in [-0.39, 0.29) is 24.3 Å². The zero-order valence-corrected chi connectivity index (χ0v) is 30.5. The molecule has 4 nitrogen and oxygen atoms in total. The van der Waals surface area contributed by atoms with Gasteiger partial charge in [0, 0.05) is 12.8 Å². The van der Waals surface area contributed by atoms with Crippen LogP contribution in [0.5, 0.6) is 0 Å². The summed E-state index contributed by atoms with van der Waals surface area (Å²) in [5, 5.41) is 0. The minimum absolute atomic E-state index is 0. The molecule has 0 N–H and O–H groups in total. The van der Waals surface area contributed by atoms with Crippen LogP contribution in [0.4, 0.5) is 0 Å². The monoisotopic (exact) mass is 644 g/mol. The van der Waals surface area contributed by atoms with Crippen molar-refractivity contribution in [1.82, 2.24) is 0 Å². The first-order valence-corrected chi connectivity index (χ1v) is 19.5. The Kier molecular flexibility index (Phi) is 41.5. The molecule has 0 saturated heterocycles. The van der Waals surface area contributed by atoms with Gasteiger partial charge in [-0.1, -0.05) is 181 Å². The lowest BCUT2D eigenvalue weighted by atomic mass is 10.0. The Morgan fingerprint density at radius 1 is 0.318 bits per heavy atom. The van der Waals surface area contributed by atoms with Crippen LogP contribution in [0.2, 0.25) is 0 Å². The van der Waals surface area contributed by atoms with Crippen molar-refractivity contribution in [3.05, 3.63) is 0 Å². The third-order valence-corrected chi connectivity index (χ3v) is 8.78. The molecule has 0 aliphatic rings. The first kappa shape index (κ1) is 45.4. The maximum atomic E-state index is 11.9. The van der Waals surface area contributed by atoms with E-state index in [4.69, 9.17) is 9.47 Å². The minimum Gasteiger partial charge on any atom is -1.00 e. The van der Waals surface area contributed by atoms with E-state index in [1.807, 2.05) is 0 Å². The van der Waals surface area contributed by atoms with Gasteiger partial charge in [-0.2, -0.15) is 0 Å². The lowest BCUT2D eigenvalue weighted by Crippen LogP contribution is -3.00. The second kappa shape index (κ2) is 40.3. The Labute approximate surface area is 281 Å². The summed E-state index contributed by atoms with van der Waals surface area (Å²) in [4.78, 5) is 23.8. The van der Waals surface area contributed by atoms with Crippen molar-refractivity contribution in [1.29, 1.82) is 0 Å². The van der Waals surface area contributed by atoms with Crippen molar-refractivity contribution in [3.63, 3.8) is 0 Å². The van der Waals surface area contributed by atoms with Gasteiger partial charge in [-0.3, -0.25) is 9.59 Å². The molecule has 0 heterocycles. The topological polar surface area (TPSA) is 52.6 Å². The number of esters is 2. The van der Waals surface area contributed by atoms with E-state index >= 15 is 0 Å². The number of ether oxygens (including phenoxy) is 2. The van der Waals surface area contributed by atoms with E-state index in [9.17, 15) is 9.59 Å². The SMILES string of the molecule is CCCCCCCCCCCCCCCCCC(=O)OCCCCCOC(=O)CCCCCCCCCCCCCCC.[Cl-]. The summed E-state index contributed by atoms with van der Waals surface area (Å²) in [6.45, 7) is 5.53. The number of carbonyl (C=O) groups is 2. The van der Waals surface area contributed by atoms with Gasteiger partial charge in [-0.25, -0.2) is 0 Å². The van der Waals surface area contributed by atoms with E-state index in [0.29, 0.717) is 26.1 Å². The summed E-state index contributed by atoms with van der Waals surface area (Å²) in [5.41, 5.74) is 0. The molecule has 0 aromatic rings. The summed E-state index contributed by atoms with van der Waals surface area (Å²) < 4.78 is 10.7. The van der Waals surface area contributed by atoms with Crippen LogP contribution >= 0.6 is 0 Å². The van der Waals surface area contributed by atoms with E-state index < -0.39 is 0 Å². The molecule has 0 bridgehead atoms. The van der Waals surface area contributed by atoms with Gasteiger partial charge in [0.15, 0.2) is 0 Å². The molecule has 0 aromatic heterocycles. The van der Waals surface area contributed by atoms with Gasteiger partial charge in [-0.05, 0) is 32.1 Å². The summed E-state index contributed by atoms with van der Waals surface area (Å²) in [7, 11) is 0. The molecular weight excluding hydrogens is 568 g/mol. The van der Waals surface area contributed by atoms with Crippen LogP contribution in [-0.4, -0.2) is 25.2 Å². The average Bonchev–Trinajstić information content (AvgIpc) is 3.01. The lowest BCUT2D eigenvalue weighted by Gasteiger charge is -2.07. The molecule has 0 spiro atoms. The summed E-state index contributed by atoms with van der Waals surface area (Å²) >= 11 is 0. The van der Waals surface area contributed by atoms with Crippen molar-refractivity contribution in [2.45, 2.75) is 226 Å². The molecule has 0 aliphatic carbocycles. The van der Waals surface area contributed by atoms with Gasteiger partial charge in [0.2, 0.25) is 0 Å². The Balaban J connectivity index is 0. The van der Waals surface area contributed by atoms with E-state index in [2.05, 4.69) is 13.8 Å². The van der Waals surface area contributed by atoms with Crippen molar-refractivity contribution in [2.75, 3.05) is 13.2 Å².